The van der Waals surface area contributed by atoms with Crippen molar-refractivity contribution in [2.24, 2.45) is 11.7 Å². The molecule has 0 spiro atoms. The van der Waals surface area contributed by atoms with Crippen molar-refractivity contribution >= 4 is 33.8 Å². The highest BCUT2D eigenvalue weighted by Crippen LogP contribution is 2.18. The van der Waals surface area contributed by atoms with Crippen molar-refractivity contribution < 1.29 is 21.2 Å². The number of primary amides is 1. The van der Waals surface area contributed by atoms with Crippen molar-refractivity contribution in [3.05, 3.63) is 71.4 Å². The van der Waals surface area contributed by atoms with Crippen LogP contribution in [0.15, 0.2) is 54.6 Å². The first-order valence-corrected chi connectivity index (χ1v) is 13.1. The summed E-state index contributed by atoms with van der Waals surface area (Å²) in [6.45, 7) is 7.23. The van der Waals surface area contributed by atoms with Crippen LogP contribution in [0.4, 0.5) is 0 Å². The largest absolute Gasteiger partial charge is 0.366 e. The summed E-state index contributed by atoms with van der Waals surface area (Å²) in [5.41, 5.74) is 8.58. The quantitative estimate of drug-likeness (QED) is 0.357. The first kappa shape index (κ1) is 28.2. The third kappa shape index (κ3) is 8.93. The van der Waals surface area contributed by atoms with Crippen LogP contribution in [0, 0.1) is 5.92 Å². The molecule has 0 aliphatic heterocycles. The molecule has 4 N–H and O–H groups in total. The van der Waals surface area contributed by atoms with E-state index in [4.69, 9.17) is 14.5 Å². The standard InChI is InChI=1S/C25H32N4O2.CH4O2S.2H2/c1-4-18(15-28(3)16-19-10-12-20(13-11-19)24(26)30)17-29(5-2)25(31)23-14-21-8-6-7-9-22(21)27-23;1-4(2)3;;/h6-14,18,27H,4-5,15-17H2,1-3H3,(H2,26,30);1H3,(H,2,3);2*1H. The minimum absolute atomic E-state index is 0. The molecule has 0 fully saturated rings. The van der Waals surface area contributed by atoms with E-state index in [1.54, 1.807) is 12.1 Å². The number of fused-ring (bicyclic) bond motifs is 1. The van der Waals surface area contributed by atoms with Crippen LogP contribution in [-0.2, 0) is 17.6 Å². The molecule has 0 saturated carbocycles. The molecule has 35 heavy (non-hydrogen) atoms. The summed E-state index contributed by atoms with van der Waals surface area (Å²) in [4.78, 5) is 31.8. The normalized spacial score (nSPS) is 12.6. The highest BCUT2D eigenvalue weighted by Gasteiger charge is 2.21. The Balaban J connectivity index is 0.00000201. The number of hydrogen-bond acceptors (Lipinski definition) is 4. The third-order valence-corrected chi connectivity index (χ3v) is 5.75. The van der Waals surface area contributed by atoms with Crippen molar-refractivity contribution in [1.29, 1.82) is 0 Å². The highest BCUT2D eigenvalue weighted by molar-refractivity contribution is 7.78. The maximum absolute atomic E-state index is 13.1. The van der Waals surface area contributed by atoms with Crippen molar-refractivity contribution in [3.63, 3.8) is 0 Å². The van der Waals surface area contributed by atoms with E-state index in [9.17, 15) is 9.59 Å². The highest BCUT2D eigenvalue weighted by atomic mass is 32.2. The van der Waals surface area contributed by atoms with Gasteiger partial charge in [0.1, 0.15) is 16.8 Å². The van der Waals surface area contributed by atoms with Crippen molar-refractivity contribution in [2.45, 2.75) is 26.8 Å². The fraction of sp³-hybridized carbons (Fsp3) is 0.385. The number of rotatable bonds is 10. The number of nitrogens with zero attached hydrogens (tertiary/aromatic N) is 2. The lowest BCUT2D eigenvalue weighted by molar-refractivity contribution is 0.0717. The Labute approximate surface area is 212 Å². The van der Waals surface area contributed by atoms with Gasteiger partial charge in [-0.25, -0.2) is 4.21 Å². The maximum Gasteiger partial charge on any atom is 0.270 e. The molecular weight excluding hydrogens is 464 g/mol. The first-order chi connectivity index (χ1) is 16.6. The van der Waals surface area contributed by atoms with Crippen LogP contribution in [-0.4, -0.2) is 68.3 Å². The molecule has 2 aromatic carbocycles. The average molecular weight is 505 g/mol. The first-order valence-electron chi connectivity index (χ1n) is 11.6. The number of amides is 2. The van der Waals surface area contributed by atoms with Gasteiger partial charge in [0.15, 0.2) is 0 Å². The second-order valence-electron chi connectivity index (χ2n) is 8.57. The molecule has 194 valence electrons. The van der Waals surface area contributed by atoms with Crippen molar-refractivity contribution in [2.75, 3.05) is 32.9 Å². The van der Waals surface area contributed by atoms with Crippen LogP contribution >= 0.6 is 0 Å². The van der Waals surface area contributed by atoms with Gasteiger partial charge < -0.3 is 25.1 Å². The van der Waals surface area contributed by atoms with Gasteiger partial charge in [0.25, 0.3) is 5.91 Å². The maximum atomic E-state index is 13.1. The van der Waals surface area contributed by atoms with Gasteiger partial charge >= 0.3 is 0 Å². The predicted molar refractivity (Wildman–Crippen MR) is 146 cm³/mol. The number of nitrogens with two attached hydrogens (primary N) is 1. The molecule has 8 nitrogen and oxygen atoms in total. The molecule has 2 unspecified atom stereocenters. The van der Waals surface area contributed by atoms with Gasteiger partial charge in [-0.1, -0.05) is 43.7 Å². The van der Waals surface area contributed by atoms with Crippen LogP contribution in [0.5, 0.6) is 0 Å². The van der Waals surface area contributed by atoms with Gasteiger partial charge in [0, 0.05) is 51.8 Å². The smallest absolute Gasteiger partial charge is 0.270 e. The van der Waals surface area contributed by atoms with Gasteiger partial charge in [-0.05, 0) is 49.7 Å². The molecule has 3 rings (SSSR count). The van der Waals surface area contributed by atoms with E-state index >= 15 is 0 Å². The zero-order valence-electron chi connectivity index (χ0n) is 20.9. The molecule has 0 aliphatic rings. The minimum atomic E-state index is -1.61. The second-order valence-corrected chi connectivity index (χ2v) is 9.42. The summed E-state index contributed by atoms with van der Waals surface area (Å²) in [5.74, 6) is -0.00439. The van der Waals surface area contributed by atoms with Crippen LogP contribution in [0.2, 0.25) is 0 Å². The molecule has 0 bridgehead atoms. The zero-order valence-corrected chi connectivity index (χ0v) is 21.7. The van der Waals surface area contributed by atoms with Crippen molar-refractivity contribution in [3.8, 4) is 0 Å². The Kier molecular flexibility index (Phi) is 11.1. The molecule has 0 radical (unpaired) electrons. The number of nitrogens with one attached hydrogen (secondary N) is 1. The lowest BCUT2D eigenvalue weighted by atomic mass is 10.0. The summed E-state index contributed by atoms with van der Waals surface area (Å²) in [6, 6.07) is 17.3. The van der Waals surface area contributed by atoms with Gasteiger partial charge in [-0.15, -0.1) is 0 Å². The van der Waals surface area contributed by atoms with E-state index in [0.29, 0.717) is 30.3 Å². The zero-order chi connectivity index (χ0) is 26.0. The van der Waals surface area contributed by atoms with Crippen LogP contribution in [0.25, 0.3) is 10.9 Å². The van der Waals surface area contributed by atoms with E-state index in [0.717, 1.165) is 36.0 Å². The van der Waals surface area contributed by atoms with Gasteiger partial charge in [0.05, 0.1) is 0 Å². The number of aromatic nitrogens is 1. The van der Waals surface area contributed by atoms with Gasteiger partial charge in [-0.2, -0.15) is 0 Å². The van der Waals surface area contributed by atoms with Crippen LogP contribution < -0.4 is 5.73 Å². The van der Waals surface area contributed by atoms with E-state index in [1.165, 1.54) is 6.26 Å². The lowest BCUT2D eigenvalue weighted by Gasteiger charge is -2.29. The fourth-order valence-electron chi connectivity index (χ4n) is 3.93. The third-order valence-electron chi connectivity index (χ3n) is 5.75. The summed E-state index contributed by atoms with van der Waals surface area (Å²) in [7, 11) is 2.08. The lowest BCUT2D eigenvalue weighted by Crippen LogP contribution is -2.38. The number of hydrogen-bond donors (Lipinski definition) is 3. The Bertz CT molecular complexity index is 1100. The molecular formula is C26H40N4O4S. The molecule has 0 saturated heterocycles. The SMILES string of the molecule is CCC(CN(C)Cc1ccc(C(N)=O)cc1)CN(CC)C(=O)c1cc2ccccc2[nH]1.CS(=O)O.[HH].[HH]. The van der Waals surface area contributed by atoms with Crippen molar-refractivity contribution in [1.82, 2.24) is 14.8 Å². The minimum Gasteiger partial charge on any atom is -0.366 e. The molecule has 2 atom stereocenters. The van der Waals surface area contributed by atoms with E-state index in [-0.39, 0.29) is 8.76 Å². The summed E-state index contributed by atoms with van der Waals surface area (Å²) in [5, 5.41) is 1.05. The number of H-pyrrole nitrogens is 1. The Morgan fingerprint density at radius 1 is 1.11 bits per heavy atom. The summed E-state index contributed by atoms with van der Waals surface area (Å²) >= 11 is -1.61. The topological polar surface area (TPSA) is 120 Å². The predicted octanol–water partition coefficient (Wildman–Crippen LogP) is 4.22. The van der Waals surface area contributed by atoms with Crippen LogP contribution in [0.3, 0.4) is 0 Å². The van der Waals surface area contributed by atoms with E-state index in [2.05, 4.69) is 23.9 Å². The molecule has 1 heterocycles. The Hall–Kier alpha value is -3.01. The van der Waals surface area contributed by atoms with E-state index < -0.39 is 17.0 Å². The number of carbonyl (C=O) groups excluding carboxylic acids is 2. The number of benzene rings is 2. The molecule has 0 aliphatic carbocycles. The van der Waals surface area contributed by atoms with Gasteiger partial charge in [0.2, 0.25) is 5.91 Å². The number of aromatic amines is 1. The van der Waals surface area contributed by atoms with Crippen LogP contribution in [0.1, 0.15) is 49.5 Å². The Morgan fingerprint density at radius 2 is 1.74 bits per heavy atom. The summed E-state index contributed by atoms with van der Waals surface area (Å²) < 4.78 is 16.6. The molecule has 2 amide bonds. The Morgan fingerprint density at radius 3 is 2.29 bits per heavy atom. The fourth-order valence-corrected chi connectivity index (χ4v) is 3.93. The molecule has 3 aromatic rings. The number of carbonyl (C=O) groups is 2. The van der Waals surface area contributed by atoms with E-state index in [1.807, 2.05) is 54.3 Å². The van der Waals surface area contributed by atoms with Gasteiger partial charge in [-0.3, -0.25) is 9.59 Å². The monoisotopic (exact) mass is 504 g/mol. The molecule has 9 heteroatoms. The summed E-state index contributed by atoms with van der Waals surface area (Å²) in [6.07, 6.45) is 2.18. The molecule has 1 aromatic heterocycles. The number of para-hydroxylation sites is 1. The second kappa shape index (κ2) is 13.8. The average Bonchev–Trinajstić information content (AvgIpc) is 3.25.